The van der Waals surface area contributed by atoms with Crippen molar-refractivity contribution in [3.05, 3.63) is 52.2 Å². The van der Waals surface area contributed by atoms with Crippen LogP contribution in [0.3, 0.4) is 0 Å². The lowest BCUT2D eigenvalue weighted by molar-refractivity contribution is -0.121. The van der Waals surface area contributed by atoms with Crippen LogP contribution in [-0.4, -0.2) is 50.8 Å². The van der Waals surface area contributed by atoms with E-state index in [-0.39, 0.29) is 11.9 Å². The lowest BCUT2D eigenvalue weighted by Gasteiger charge is -2.35. The molecule has 0 bridgehead atoms. The minimum atomic E-state index is 0.1000. The molecule has 0 spiro atoms. The van der Waals surface area contributed by atoms with Gasteiger partial charge in [0.05, 0.1) is 26.4 Å². The van der Waals surface area contributed by atoms with Gasteiger partial charge in [0, 0.05) is 26.1 Å². The Kier molecular flexibility index (Phi) is 7.05. The molecule has 1 aliphatic heterocycles. The number of methoxy groups -OCH3 is 1. The summed E-state index contributed by atoms with van der Waals surface area (Å²) in [6.07, 6.45) is 1.31. The number of hydrogen-bond acceptors (Lipinski definition) is 5. The fourth-order valence-corrected chi connectivity index (χ4v) is 3.87. The Labute approximate surface area is 158 Å². The van der Waals surface area contributed by atoms with Gasteiger partial charge in [0.15, 0.2) is 0 Å². The average Bonchev–Trinajstić information content (AvgIpc) is 3.21. The van der Waals surface area contributed by atoms with E-state index >= 15 is 0 Å². The van der Waals surface area contributed by atoms with Crippen molar-refractivity contribution in [3.63, 3.8) is 0 Å². The van der Waals surface area contributed by atoms with Crippen molar-refractivity contribution in [3.8, 4) is 5.75 Å². The maximum Gasteiger partial charge on any atom is 0.220 e. The number of nitrogens with zero attached hydrogens (tertiary/aromatic N) is 1. The number of benzene rings is 1. The molecule has 1 N–H and O–H groups in total. The van der Waals surface area contributed by atoms with E-state index in [9.17, 15) is 4.79 Å². The van der Waals surface area contributed by atoms with Gasteiger partial charge >= 0.3 is 0 Å². The van der Waals surface area contributed by atoms with Crippen molar-refractivity contribution in [1.29, 1.82) is 0 Å². The Morgan fingerprint density at radius 2 is 2.04 bits per heavy atom. The summed E-state index contributed by atoms with van der Waals surface area (Å²) in [6.45, 7) is 3.83. The third kappa shape index (κ3) is 5.30. The van der Waals surface area contributed by atoms with Gasteiger partial charge in [-0.05, 0) is 46.5 Å². The predicted octanol–water partition coefficient (Wildman–Crippen LogP) is 2.88. The smallest absolute Gasteiger partial charge is 0.220 e. The minimum absolute atomic E-state index is 0.1000. The molecular weight excluding hydrogens is 348 g/mol. The highest BCUT2D eigenvalue weighted by Gasteiger charge is 2.23. The highest BCUT2D eigenvalue weighted by molar-refractivity contribution is 7.07. The fourth-order valence-electron chi connectivity index (χ4n) is 3.16. The molecule has 0 unspecified atom stereocenters. The average molecular weight is 375 g/mol. The van der Waals surface area contributed by atoms with Gasteiger partial charge in [0.25, 0.3) is 0 Å². The van der Waals surface area contributed by atoms with Crippen LogP contribution >= 0.6 is 11.3 Å². The summed E-state index contributed by atoms with van der Waals surface area (Å²) in [7, 11) is 1.67. The van der Waals surface area contributed by atoms with Crippen LogP contribution < -0.4 is 10.1 Å². The Hall–Kier alpha value is -1.89. The first kappa shape index (κ1) is 18.9. The molecule has 26 heavy (non-hydrogen) atoms. The molecule has 2 heterocycles. The summed E-state index contributed by atoms with van der Waals surface area (Å²) >= 11 is 1.67. The van der Waals surface area contributed by atoms with E-state index in [1.54, 1.807) is 18.4 Å². The van der Waals surface area contributed by atoms with E-state index in [1.807, 2.05) is 17.5 Å². The van der Waals surface area contributed by atoms with Crippen molar-refractivity contribution in [2.75, 3.05) is 40.0 Å². The first-order valence-corrected chi connectivity index (χ1v) is 9.94. The standard InChI is InChI=1S/C20H26N2O3S/c1-24-18-5-3-17(4-6-18)19(22-9-11-25-12-10-22)14-21-20(23)7-2-16-8-13-26-15-16/h3-6,8,13,15,19H,2,7,9-12,14H2,1H3,(H,21,23)/t19-/m0/s1. The lowest BCUT2D eigenvalue weighted by atomic mass is 10.0. The van der Waals surface area contributed by atoms with E-state index in [2.05, 4.69) is 33.8 Å². The van der Waals surface area contributed by atoms with E-state index < -0.39 is 0 Å². The van der Waals surface area contributed by atoms with Gasteiger partial charge < -0.3 is 14.8 Å². The number of thiophene rings is 1. The Bertz CT molecular complexity index is 667. The highest BCUT2D eigenvalue weighted by Crippen LogP contribution is 2.23. The van der Waals surface area contributed by atoms with Crippen LogP contribution in [0.25, 0.3) is 0 Å². The summed E-state index contributed by atoms with van der Waals surface area (Å²) < 4.78 is 10.7. The zero-order chi connectivity index (χ0) is 18.2. The third-order valence-electron chi connectivity index (χ3n) is 4.70. The van der Waals surface area contributed by atoms with Crippen LogP contribution in [-0.2, 0) is 16.0 Å². The minimum Gasteiger partial charge on any atom is -0.497 e. The second-order valence-electron chi connectivity index (χ2n) is 6.37. The normalized spacial score (nSPS) is 16.2. The quantitative estimate of drug-likeness (QED) is 0.772. The number of amides is 1. The maximum absolute atomic E-state index is 12.3. The number of carbonyl (C=O) groups is 1. The molecule has 1 aromatic heterocycles. The van der Waals surface area contributed by atoms with Crippen LogP contribution in [0.15, 0.2) is 41.1 Å². The maximum atomic E-state index is 12.3. The first-order chi connectivity index (χ1) is 12.8. The second-order valence-corrected chi connectivity index (χ2v) is 7.15. The number of rotatable bonds is 8. The van der Waals surface area contributed by atoms with Crippen molar-refractivity contribution in [1.82, 2.24) is 10.2 Å². The fraction of sp³-hybridized carbons (Fsp3) is 0.450. The first-order valence-electron chi connectivity index (χ1n) is 9.00. The number of aryl methyl sites for hydroxylation is 1. The van der Waals surface area contributed by atoms with Crippen LogP contribution in [0.4, 0.5) is 0 Å². The van der Waals surface area contributed by atoms with Gasteiger partial charge in [-0.2, -0.15) is 11.3 Å². The highest BCUT2D eigenvalue weighted by atomic mass is 32.1. The van der Waals surface area contributed by atoms with E-state index in [0.29, 0.717) is 13.0 Å². The van der Waals surface area contributed by atoms with Crippen molar-refractivity contribution >= 4 is 17.2 Å². The molecule has 6 heteroatoms. The molecule has 1 amide bonds. The molecule has 1 aromatic carbocycles. The van der Waals surface area contributed by atoms with Gasteiger partial charge in [-0.25, -0.2) is 0 Å². The molecule has 2 aromatic rings. The van der Waals surface area contributed by atoms with Gasteiger partial charge in [-0.3, -0.25) is 9.69 Å². The number of carbonyl (C=O) groups excluding carboxylic acids is 1. The number of hydrogen-bond donors (Lipinski definition) is 1. The Morgan fingerprint density at radius 1 is 1.27 bits per heavy atom. The van der Waals surface area contributed by atoms with Crippen LogP contribution in [0.2, 0.25) is 0 Å². The van der Waals surface area contributed by atoms with Gasteiger partial charge in [0.1, 0.15) is 5.75 Å². The molecule has 5 nitrogen and oxygen atoms in total. The molecule has 1 aliphatic rings. The molecule has 1 saturated heterocycles. The number of nitrogens with one attached hydrogen (secondary N) is 1. The predicted molar refractivity (Wildman–Crippen MR) is 104 cm³/mol. The van der Waals surface area contributed by atoms with Crippen LogP contribution in [0.1, 0.15) is 23.6 Å². The van der Waals surface area contributed by atoms with E-state index in [4.69, 9.17) is 9.47 Å². The summed E-state index contributed by atoms with van der Waals surface area (Å²) in [5.74, 6) is 0.942. The largest absolute Gasteiger partial charge is 0.497 e. The Balaban J connectivity index is 1.59. The Morgan fingerprint density at radius 3 is 2.69 bits per heavy atom. The molecular formula is C20H26N2O3S. The zero-order valence-electron chi connectivity index (χ0n) is 15.1. The summed E-state index contributed by atoms with van der Waals surface area (Å²) in [6, 6.07) is 10.3. The number of morpholine rings is 1. The molecule has 0 radical (unpaired) electrons. The monoisotopic (exact) mass is 374 g/mol. The SMILES string of the molecule is COc1ccc([C@H](CNC(=O)CCc2ccsc2)N2CCOCC2)cc1. The van der Waals surface area contributed by atoms with E-state index in [1.165, 1.54) is 11.1 Å². The van der Waals surface area contributed by atoms with Gasteiger partial charge in [-0.15, -0.1) is 0 Å². The van der Waals surface area contributed by atoms with Crippen LogP contribution in [0, 0.1) is 0 Å². The zero-order valence-corrected chi connectivity index (χ0v) is 16.0. The second kappa shape index (κ2) is 9.71. The lowest BCUT2D eigenvalue weighted by Crippen LogP contribution is -2.43. The third-order valence-corrected chi connectivity index (χ3v) is 5.43. The number of ether oxygens (including phenoxy) is 2. The van der Waals surface area contributed by atoms with Gasteiger partial charge in [0.2, 0.25) is 5.91 Å². The summed E-state index contributed by atoms with van der Waals surface area (Å²) in [5, 5.41) is 7.27. The summed E-state index contributed by atoms with van der Waals surface area (Å²) in [4.78, 5) is 14.7. The molecule has 3 rings (SSSR count). The molecule has 0 saturated carbocycles. The van der Waals surface area contributed by atoms with Gasteiger partial charge in [-0.1, -0.05) is 12.1 Å². The topological polar surface area (TPSA) is 50.8 Å². The molecule has 1 fully saturated rings. The molecule has 1 atom stereocenters. The molecule has 0 aliphatic carbocycles. The van der Waals surface area contributed by atoms with Crippen molar-refractivity contribution in [2.45, 2.75) is 18.9 Å². The summed E-state index contributed by atoms with van der Waals surface area (Å²) in [5.41, 5.74) is 2.41. The van der Waals surface area contributed by atoms with Crippen LogP contribution in [0.5, 0.6) is 5.75 Å². The van der Waals surface area contributed by atoms with E-state index in [0.717, 1.165) is 38.5 Å². The van der Waals surface area contributed by atoms with Crippen molar-refractivity contribution in [2.24, 2.45) is 0 Å². The molecule has 140 valence electrons. The van der Waals surface area contributed by atoms with Crippen molar-refractivity contribution < 1.29 is 14.3 Å².